The molecule has 19 heavy (non-hydrogen) atoms. The standard InChI is InChI=1S/C11H15N3O5/c12-10(18)6-2-1-3-7(13-6)11(19)14-8(4-15)9(17)5-16/h1-3,8-9,15-17H,4-5H2,(H2,12,18)(H,14,19). The summed E-state index contributed by atoms with van der Waals surface area (Å²) in [6.07, 6.45) is -1.30. The van der Waals surface area contributed by atoms with E-state index in [1.807, 2.05) is 0 Å². The van der Waals surface area contributed by atoms with Gasteiger partial charge in [-0.3, -0.25) is 9.59 Å². The number of aliphatic hydroxyl groups excluding tert-OH is 3. The van der Waals surface area contributed by atoms with Gasteiger partial charge >= 0.3 is 0 Å². The van der Waals surface area contributed by atoms with Crippen molar-refractivity contribution in [1.29, 1.82) is 0 Å². The van der Waals surface area contributed by atoms with Crippen molar-refractivity contribution >= 4 is 11.8 Å². The maximum absolute atomic E-state index is 11.8. The van der Waals surface area contributed by atoms with Crippen LogP contribution in [-0.4, -0.2) is 57.5 Å². The fraction of sp³-hybridized carbons (Fsp3) is 0.364. The third-order valence-corrected chi connectivity index (χ3v) is 2.40. The van der Waals surface area contributed by atoms with Crippen LogP contribution in [-0.2, 0) is 0 Å². The van der Waals surface area contributed by atoms with Crippen LogP contribution in [0.5, 0.6) is 0 Å². The number of hydrogen-bond acceptors (Lipinski definition) is 6. The second-order valence-electron chi connectivity index (χ2n) is 3.78. The molecule has 0 aromatic carbocycles. The Morgan fingerprint density at radius 3 is 2.42 bits per heavy atom. The third-order valence-electron chi connectivity index (χ3n) is 2.40. The summed E-state index contributed by atoms with van der Waals surface area (Å²) >= 11 is 0. The lowest BCUT2D eigenvalue weighted by molar-refractivity contribution is 0.0388. The van der Waals surface area contributed by atoms with Gasteiger partial charge in [0.15, 0.2) is 0 Å². The Morgan fingerprint density at radius 2 is 1.89 bits per heavy atom. The topological polar surface area (TPSA) is 146 Å². The van der Waals surface area contributed by atoms with Crippen LogP contribution in [0, 0.1) is 0 Å². The number of nitrogens with zero attached hydrogens (tertiary/aromatic N) is 1. The summed E-state index contributed by atoms with van der Waals surface area (Å²) in [4.78, 5) is 26.4. The lowest BCUT2D eigenvalue weighted by Gasteiger charge is -2.20. The van der Waals surface area contributed by atoms with Gasteiger partial charge in [0.05, 0.1) is 25.4 Å². The predicted octanol–water partition coefficient (Wildman–Crippen LogP) is -2.38. The summed E-state index contributed by atoms with van der Waals surface area (Å²) < 4.78 is 0. The highest BCUT2D eigenvalue weighted by atomic mass is 16.3. The van der Waals surface area contributed by atoms with Crippen molar-refractivity contribution in [3.05, 3.63) is 29.6 Å². The molecule has 2 unspecified atom stereocenters. The average Bonchev–Trinajstić information content (AvgIpc) is 2.43. The monoisotopic (exact) mass is 269 g/mol. The summed E-state index contributed by atoms with van der Waals surface area (Å²) in [5.74, 6) is -1.47. The Kier molecular flexibility index (Phi) is 5.37. The van der Waals surface area contributed by atoms with E-state index in [0.717, 1.165) is 0 Å². The van der Waals surface area contributed by atoms with Gasteiger partial charge in [-0.25, -0.2) is 4.98 Å². The molecule has 6 N–H and O–H groups in total. The maximum atomic E-state index is 11.8. The van der Waals surface area contributed by atoms with E-state index in [-0.39, 0.29) is 11.4 Å². The van der Waals surface area contributed by atoms with E-state index < -0.39 is 37.2 Å². The molecule has 1 heterocycles. The van der Waals surface area contributed by atoms with E-state index in [1.54, 1.807) is 0 Å². The zero-order valence-corrected chi connectivity index (χ0v) is 9.98. The highest BCUT2D eigenvalue weighted by Crippen LogP contribution is 2.01. The molecule has 0 bridgehead atoms. The smallest absolute Gasteiger partial charge is 0.270 e. The number of rotatable bonds is 6. The van der Waals surface area contributed by atoms with E-state index in [0.29, 0.717) is 0 Å². The summed E-state index contributed by atoms with van der Waals surface area (Å²) in [5.41, 5.74) is 4.88. The van der Waals surface area contributed by atoms with Gasteiger partial charge in [-0.1, -0.05) is 6.07 Å². The lowest BCUT2D eigenvalue weighted by atomic mass is 10.1. The van der Waals surface area contributed by atoms with Gasteiger partial charge in [0.1, 0.15) is 11.4 Å². The van der Waals surface area contributed by atoms with Crippen LogP contribution in [0.2, 0.25) is 0 Å². The number of carbonyl (C=O) groups is 2. The van der Waals surface area contributed by atoms with Crippen molar-refractivity contribution in [2.75, 3.05) is 13.2 Å². The number of amides is 2. The first kappa shape index (κ1) is 15.0. The molecule has 8 nitrogen and oxygen atoms in total. The highest BCUT2D eigenvalue weighted by Gasteiger charge is 2.21. The van der Waals surface area contributed by atoms with Crippen LogP contribution in [0.15, 0.2) is 18.2 Å². The van der Waals surface area contributed by atoms with E-state index in [1.165, 1.54) is 18.2 Å². The molecule has 2 atom stereocenters. The van der Waals surface area contributed by atoms with Gasteiger partial charge in [-0.05, 0) is 12.1 Å². The maximum Gasteiger partial charge on any atom is 0.270 e. The summed E-state index contributed by atoms with van der Waals surface area (Å²) in [6.45, 7) is -1.16. The van der Waals surface area contributed by atoms with Crippen molar-refractivity contribution in [1.82, 2.24) is 10.3 Å². The van der Waals surface area contributed by atoms with Crippen molar-refractivity contribution in [3.8, 4) is 0 Å². The third kappa shape index (κ3) is 3.98. The molecule has 0 spiro atoms. The Bertz CT molecular complexity index is 465. The fourth-order valence-electron chi connectivity index (χ4n) is 1.33. The molecule has 0 aliphatic rings. The summed E-state index contributed by atoms with van der Waals surface area (Å²) in [6, 6.07) is 3.10. The molecule has 0 aliphatic carbocycles. The Hall–Kier alpha value is -2.03. The van der Waals surface area contributed by atoms with E-state index in [2.05, 4.69) is 10.3 Å². The second-order valence-corrected chi connectivity index (χ2v) is 3.78. The minimum Gasteiger partial charge on any atom is -0.394 e. The predicted molar refractivity (Wildman–Crippen MR) is 64.2 cm³/mol. The number of nitrogens with one attached hydrogen (secondary N) is 1. The number of pyridine rings is 1. The van der Waals surface area contributed by atoms with Gasteiger partial charge < -0.3 is 26.4 Å². The molecular formula is C11H15N3O5. The molecule has 1 rings (SSSR count). The zero-order valence-electron chi connectivity index (χ0n) is 9.98. The highest BCUT2D eigenvalue weighted by molar-refractivity contribution is 5.95. The molecule has 1 aromatic rings. The lowest BCUT2D eigenvalue weighted by Crippen LogP contribution is -2.47. The van der Waals surface area contributed by atoms with Crippen LogP contribution in [0.4, 0.5) is 0 Å². The van der Waals surface area contributed by atoms with Crippen LogP contribution in [0.3, 0.4) is 0 Å². The van der Waals surface area contributed by atoms with E-state index >= 15 is 0 Å². The summed E-state index contributed by atoms with van der Waals surface area (Å²) in [7, 11) is 0. The van der Waals surface area contributed by atoms with Crippen molar-refractivity contribution in [2.45, 2.75) is 12.1 Å². The minimum absolute atomic E-state index is 0.0732. The minimum atomic E-state index is -1.30. The number of primary amides is 1. The van der Waals surface area contributed by atoms with Crippen LogP contribution in [0.25, 0.3) is 0 Å². The van der Waals surface area contributed by atoms with Crippen LogP contribution < -0.4 is 11.1 Å². The SMILES string of the molecule is NC(=O)c1cccc(C(=O)NC(CO)C(O)CO)n1. The fourth-order valence-corrected chi connectivity index (χ4v) is 1.33. The van der Waals surface area contributed by atoms with Crippen molar-refractivity contribution < 1.29 is 24.9 Å². The van der Waals surface area contributed by atoms with Gasteiger partial charge in [0.2, 0.25) is 0 Å². The van der Waals surface area contributed by atoms with E-state index in [4.69, 9.17) is 15.9 Å². The number of nitrogens with two attached hydrogens (primary N) is 1. The molecular weight excluding hydrogens is 254 g/mol. The van der Waals surface area contributed by atoms with Crippen molar-refractivity contribution in [2.24, 2.45) is 5.73 Å². The number of aromatic nitrogens is 1. The van der Waals surface area contributed by atoms with E-state index in [9.17, 15) is 14.7 Å². The Labute approximate surface area is 108 Å². The number of aliphatic hydroxyl groups is 3. The molecule has 0 fully saturated rings. The molecule has 2 amide bonds. The molecule has 0 aliphatic heterocycles. The molecule has 0 saturated carbocycles. The first-order valence-corrected chi connectivity index (χ1v) is 5.47. The van der Waals surface area contributed by atoms with Gasteiger partial charge in [-0.15, -0.1) is 0 Å². The van der Waals surface area contributed by atoms with Gasteiger partial charge in [-0.2, -0.15) is 0 Å². The van der Waals surface area contributed by atoms with Gasteiger partial charge in [0, 0.05) is 0 Å². The molecule has 104 valence electrons. The molecule has 1 aromatic heterocycles. The molecule has 8 heteroatoms. The Morgan fingerprint density at radius 1 is 1.26 bits per heavy atom. The quantitative estimate of drug-likeness (QED) is 0.390. The normalized spacial score (nSPS) is 13.6. The van der Waals surface area contributed by atoms with Crippen molar-refractivity contribution in [3.63, 3.8) is 0 Å². The Balaban J connectivity index is 2.82. The number of carbonyl (C=O) groups excluding carboxylic acids is 2. The summed E-state index contributed by atoms with van der Waals surface area (Å²) in [5, 5.41) is 29.4. The van der Waals surface area contributed by atoms with Crippen LogP contribution in [0.1, 0.15) is 21.0 Å². The average molecular weight is 269 g/mol. The number of hydrogen-bond donors (Lipinski definition) is 5. The van der Waals surface area contributed by atoms with Gasteiger partial charge in [0.25, 0.3) is 11.8 Å². The second kappa shape index (κ2) is 6.78. The molecule has 0 saturated heterocycles. The first-order chi connectivity index (χ1) is 8.99. The zero-order chi connectivity index (χ0) is 14.4. The molecule has 0 radical (unpaired) electrons. The largest absolute Gasteiger partial charge is 0.394 e. The van der Waals surface area contributed by atoms with Crippen LogP contribution >= 0.6 is 0 Å². The first-order valence-electron chi connectivity index (χ1n) is 5.47.